The predicted molar refractivity (Wildman–Crippen MR) is 108 cm³/mol. The highest BCUT2D eigenvalue weighted by Crippen LogP contribution is 2.48. The van der Waals surface area contributed by atoms with Crippen molar-refractivity contribution in [2.45, 2.75) is 82.0 Å². The highest BCUT2D eigenvalue weighted by molar-refractivity contribution is 5.90. The third-order valence-electron chi connectivity index (χ3n) is 7.50. The smallest absolute Gasteiger partial charge is 0.254 e. The molecular weight excluding hydrogens is 369 g/mol. The third kappa shape index (κ3) is 3.70. The highest BCUT2D eigenvalue weighted by atomic mass is 19.1. The maximum absolute atomic E-state index is 13.9. The average Bonchev–Trinajstić information content (AvgIpc) is 3.56. The van der Waals surface area contributed by atoms with Crippen molar-refractivity contribution in [3.05, 3.63) is 29.8 Å². The lowest BCUT2D eigenvalue weighted by Crippen LogP contribution is -2.78. The van der Waals surface area contributed by atoms with Crippen molar-refractivity contribution in [3.8, 4) is 0 Å². The van der Waals surface area contributed by atoms with E-state index in [-0.39, 0.29) is 23.5 Å². The molecule has 0 N–H and O–H groups in total. The third-order valence-corrected chi connectivity index (χ3v) is 7.50. The number of piperidine rings is 1. The largest absolute Gasteiger partial charge is 0.366 e. The van der Waals surface area contributed by atoms with Crippen LogP contribution in [0, 0.1) is 11.9 Å². The highest BCUT2D eigenvalue weighted by Gasteiger charge is 2.62. The summed E-state index contributed by atoms with van der Waals surface area (Å²) in [6.45, 7) is 3.15. The molecule has 2 saturated carbocycles. The van der Waals surface area contributed by atoms with Crippen molar-refractivity contribution >= 4 is 5.91 Å². The van der Waals surface area contributed by atoms with Crippen molar-refractivity contribution < 1.29 is 13.9 Å². The number of rotatable bonds is 6. The quantitative estimate of drug-likeness (QED) is 0.540. The van der Waals surface area contributed by atoms with E-state index in [0.29, 0.717) is 24.1 Å². The SMILES string of the molecule is O=C1C(OCC2CC2)C2(CCCCC2)N1C1CCN(Cc2cccnc2F)CC1. The minimum Gasteiger partial charge on any atom is -0.366 e. The van der Waals surface area contributed by atoms with Crippen LogP contribution in [0.25, 0.3) is 0 Å². The first kappa shape index (κ1) is 19.4. The van der Waals surface area contributed by atoms with Crippen LogP contribution in [0.1, 0.15) is 63.4 Å². The number of hydrogen-bond donors (Lipinski definition) is 0. The molecule has 5 nitrogen and oxygen atoms in total. The topological polar surface area (TPSA) is 45.7 Å². The molecule has 4 fully saturated rings. The lowest BCUT2D eigenvalue weighted by Gasteiger charge is -2.62. The number of pyridine rings is 1. The molecule has 0 aromatic carbocycles. The number of β-lactam (4-membered cyclic amide) rings is 1. The first-order valence-electron chi connectivity index (χ1n) is 11.4. The van der Waals surface area contributed by atoms with E-state index in [2.05, 4.69) is 14.8 Å². The summed E-state index contributed by atoms with van der Waals surface area (Å²) in [7, 11) is 0. The zero-order chi connectivity index (χ0) is 19.8. The van der Waals surface area contributed by atoms with Crippen LogP contribution < -0.4 is 0 Å². The van der Waals surface area contributed by atoms with Gasteiger partial charge in [-0.05, 0) is 50.5 Å². The van der Waals surface area contributed by atoms with E-state index >= 15 is 0 Å². The standard InChI is InChI=1S/C23H32FN3O2/c24-21-18(5-4-12-25-21)15-26-13-8-19(9-14-26)27-22(28)20(29-16-17-6-7-17)23(27)10-2-1-3-11-23/h4-5,12,17,19-20H,1-3,6-11,13-16H2. The normalized spacial score (nSPS) is 28.0. The maximum Gasteiger partial charge on any atom is 0.254 e. The lowest BCUT2D eigenvalue weighted by molar-refractivity contribution is -0.211. The van der Waals surface area contributed by atoms with Gasteiger partial charge >= 0.3 is 0 Å². The van der Waals surface area contributed by atoms with Crippen LogP contribution in [0.5, 0.6) is 0 Å². The van der Waals surface area contributed by atoms with E-state index in [9.17, 15) is 9.18 Å². The number of likely N-dealkylation sites (tertiary alicyclic amines) is 2. The van der Waals surface area contributed by atoms with E-state index in [4.69, 9.17) is 4.74 Å². The average molecular weight is 402 g/mol. The monoisotopic (exact) mass is 401 g/mol. The number of hydrogen-bond acceptors (Lipinski definition) is 4. The summed E-state index contributed by atoms with van der Waals surface area (Å²) in [4.78, 5) is 21.4. The van der Waals surface area contributed by atoms with E-state index < -0.39 is 0 Å². The van der Waals surface area contributed by atoms with Gasteiger partial charge in [0.25, 0.3) is 5.91 Å². The molecule has 6 heteroatoms. The summed E-state index contributed by atoms with van der Waals surface area (Å²) in [6.07, 6.45) is 11.6. The fourth-order valence-corrected chi connectivity index (χ4v) is 5.70. The first-order valence-corrected chi connectivity index (χ1v) is 11.4. The summed E-state index contributed by atoms with van der Waals surface area (Å²) < 4.78 is 20.1. The fraction of sp³-hybridized carbons (Fsp3) is 0.739. The number of carbonyl (C=O) groups is 1. The number of ether oxygens (including phenoxy) is 1. The summed E-state index contributed by atoms with van der Waals surface area (Å²) in [6, 6.07) is 3.90. The molecular formula is C23H32FN3O2. The molecule has 0 radical (unpaired) electrons. The number of halogens is 1. The van der Waals surface area contributed by atoms with Crippen molar-refractivity contribution in [1.82, 2.24) is 14.8 Å². The molecule has 1 atom stereocenters. The van der Waals surface area contributed by atoms with Crippen LogP contribution in [0.4, 0.5) is 4.39 Å². The maximum atomic E-state index is 13.9. The Morgan fingerprint density at radius 2 is 1.90 bits per heavy atom. The molecule has 158 valence electrons. The van der Waals surface area contributed by atoms with Crippen LogP contribution in [0.2, 0.25) is 0 Å². The van der Waals surface area contributed by atoms with Gasteiger partial charge in [0.15, 0.2) is 6.10 Å². The van der Waals surface area contributed by atoms with Gasteiger partial charge in [0.1, 0.15) is 0 Å². The Bertz CT molecular complexity index is 739. The molecule has 4 aliphatic rings. The Labute approximate surface area is 172 Å². The minimum absolute atomic E-state index is 0.0491. The predicted octanol–water partition coefficient (Wildman–Crippen LogP) is 3.53. The van der Waals surface area contributed by atoms with Gasteiger partial charge in [0, 0.05) is 37.4 Å². The summed E-state index contributed by atoms with van der Waals surface area (Å²) in [5.41, 5.74) is 0.607. The van der Waals surface area contributed by atoms with Gasteiger partial charge in [-0.15, -0.1) is 0 Å². The second-order valence-corrected chi connectivity index (χ2v) is 9.49. The number of nitrogens with zero attached hydrogens (tertiary/aromatic N) is 3. The van der Waals surface area contributed by atoms with Gasteiger partial charge in [-0.3, -0.25) is 9.69 Å². The van der Waals surface area contributed by atoms with Crippen LogP contribution in [0.3, 0.4) is 0 Å². The molecule has 1 amide bonds. The molecule has 2 saturated heterocycles. The van der Waals surface area contributed by atoms with Gasteiger partial charge < -0.3 is 9.64 Å². The van der Waals surface area contributed by atoms with Crippen molar-refractivity contribution in [2.75, 3.05) is 19.7 Å². The lowest BCUT2D eigenvalue weighted by atomic mass is 9.68. The summed E-state index contributed by atoms with van der Waals surface area (Å²) in [5.74, 6) is 0.544. The molecule has 1 spiro atoms. The van der Waals surface area contributed by atoms with Crippen LogP contribution in [-0.4, -0.2) is 58.1 Å². The molecule has 2 aliphatic carbocycles. The van der Waals surface area contributed by atoms with Gasteiger partial charge in [-0.1, -0.05) is 25.3 Å². The fourth-order valence-electron chi connectivity index (χ4n) is 5.70. The van der Waals surface area contributed by atoms with Crippen LogP contribution >= 0.6 is 0 Å². The van der Waals surface area contributed by atoms with E-state index in [1.807, 2.05) is 6.07 Å². The van der Waals surface area contributed by atoms with Gasteiger partial charge in [0.2, 0.25) is 5.95 Å². The second kappa shape index (κ2) is 7.95. The number of aromatic nitrogens is 1. The molecule has 1 unspecified atom stereocenters. The van der Waals surface area contributed by atoms with E-state index in [1.165, 1.54) is 38.3 Å². The number of amides is 1. The van der Waals surface area contributed by atoms with Gasteiger partial charge in [-0.25, -0.2) is 4.98 Å². The first-order chi connectivity index (χ1) is 14.2. The molecule has 3 heterocycles. The van der Waals surface area contributed by atoms with Crippen molar-refractivity contribution in [3.63, 3.8) is 0 Å². The van der Waals surface area contributed by atoms with Crippen molar-refractivity contribution in [1.29, 1.82) is 0 Å². The van der Waals surface area contributed by atoms with Crippen LogP contribution in [0.15, 0.2) is 18.3 Å². The van der Waals surface area contributed by atoms with Gasteiger partial charge in [-0.2, -0.15) is 4.39 Å². The Morgan fingerprint density at radius 1 is 1.14 bits per heavy atom. The van der Waals surface area contributed by atoms with Crippen LogP contribution in [-0.2, 0) is 16.1 Å². The zero-order valence-corrected chi connectivity index (χ0v) is 17.2. The van der Waals surface area contributed by atoms with E-state index in [0.717, 1.165) is 45.4 Å². The zero-order valence-electron chi connectivity index (χ0n) is 17.2. The molecule has 0 bridgehead atoms. The Balaban J connectivity index is 1.22. The molecule has 2 aliphatic heterocycles. The molecule has 5 rings (SSSR count). The minimum atomic E-state index is -0.371. The van der Waals surface area contributed by atoms with E-state index in [1.54, 1.807) is 6.07 Å². The van der Waals surface area contributed by atoms with Crippen molar-refractivity contribution in [2.24, 2.45) is 5.92 Å². The summed E-state index contributed by atoms with van der Waals surface area (Å²) in [5, 5.41) is 0. The summed E-state index contributed by atoms with van der Waals surface area (Å²) >= 11 is 0. The molecule has 1 aromatic heterocycles. The van der Waals surface area contributed by atoms with Gasteiger partial charge in [0.05, 0.1) is 12.1 Å². The number of carbonyl (C=O) groups excluding carboxylic acids is 1. The molecule has 1 aromatic rings. The second-order valence-electron chi connectivity index (χ2n) is 9.49. The molecule has 29 heavy (non-hydrogen) atoms. The Morgan fingerprint density at radius 3 is 2.59 bits per heavy atom. The Kier molecular flexibility index (Phi) is 5.33. The Hall–Kier alpha value is -1.53.